The molecular formula is C14H11BrFN3. The number of aromatic nitrogens is 2. The quantitative estimate of drug-likeness (QED) is 0.794. The monoisotopic (exact) mass is 319 g/mol. The molecular weight excluding hydrogens is 309 g/mol. The lowest BCUT2D eigenvalue weighted by Gasteiger charge is -2.06. The van der Waals surface area contributed by atoms with Gasteiger partial charge in [-0.05, 0) is 46.3 Å². The molecule has 0 fully saturated rings. The SMILES string of the molecule is Fc1ccc(Br)c(NCc2cn3ccccc3n2)c1. The van der Waals surface area contributed by atoms with E-state index < -0.39 is 0 Å². The van der Waals surface area contributed by atoms with E-state index in [-0.39, 0.29) is 5.82 Å². The van der Waals surface area contributed by atoms with Crippen molar-refractivity contribution in [2.24, 2.45) is 0 Å². The number of fused-ring (bicyclic) bond motifs is 1. The Bertz CT molecular complexity index is 691. The van der Waals surface area contributed by atoms with Gasteiger partial charge in [-0.25, -0.2) is 9.37 Å². The van der Waals surface area contributed by atoms with Crippen LogP contribution in [0.25, 0.3) is 5.65 Å². The molecule has 0 atom stereocenters. The summed E-state index contributed by atoms with van der Waals surface area (Å²) in [4.78, 5) is 4.47. The summed E-state index contributed by atoms with van der Waals surface area (Å²) in [6, 6.07) is 10.4. The summed E-state index contributed by atoms with van der Waals surface area (Å²) in [5.74, 6) is -0.263. The lowest BCUT2D eigenvalue weighted by Crippen LogP contribution is -2.00. The summed E-state index contributed by atoms with van der Waals surface area (Å²) in [6.07, 6.45) is 3.90. The molecule has 0 aliphatic heterocycles. The van der Waals surface area contributed by atoms with Crippen molar-refractivity contribution in [3.8, 4) is 0 Å². The molecule has 3 nitrogen and oxygen atoms in total. The van der Waals surface area contributed by atoms with Crippen molar-refractivity contribution in [3.63, 3.8) is 0 Å². The first-order valence-electron chi connectivity index (χ1n) is 5.84. The van der Waals surface area contributed by atoms with Gasteiger partial charge in [0.2, 0.25) is 0 Å². The van der Waals surface area contributed by atoms with Crippen molar-refractivity contribution < 1.29 is 4.39 Å². The largest absolute Gasteiger partial charge is 0.378 e. The Morgan fingerprint density at radius 2 is 2.16 bits per heavy atom. The molecule has 3 rings (SSSR count). The standard InChI is InChI=1S/C14H11BrFN3/c15-12-5-4-10(16)7-13(12)17-8-11-9-19-6-2-1-3-14(19)18-11/h1-7,9,17H,8H2. The van der Waals surface area contributed by atoms with E-state index in [1.165, 1.54) is 12.1 Å². The summed E-state index contributed by atoms with van der Waals surface area (Å²) >= 11 is 3.38. The molecule has 3 aromatic rings. The van der Waals surface area contributed by atoms with Crippen LogP contribution >= 0.6 is 15.9 Å². The zero-order valence-corrected chi connectivity index (χ0v) is 11.6. The van der Waals surface area contributed by atoms with Gasteiger partial charge in [0, 0.05) is 16.9 Å². The molecule has 0 radical (unpaired) electrons. The molecule has 0 amide bonds. The highest BCUT2D eigenvalue weighted by Crippen LogP contribution is 2.23. The number of anilines is 1. The van der Waals surface area contributed by atoms with Gasteiger partial charge in [0.1, 0.15) is 11.5 Å². The second kappa shape index (κ2) is 5.01. The molecule has 0 unspecified atom stereocenters. The lowest BCUT2D eigenvalue weighted by atomic mass is 10.3. The average molecular weight is 320 g/mol. The summed E-state index contributed by atoms with van der Waals surface area (Å²) in [5, 5.41) is 3.17. The van der Waals surface area contributed by atoms with Crippen LogP contribution in [-0.2, 0) is 6.54 Å². The van der Waals surface area contributed by atoms with Crippen molar-refractivity contribution in [2.45, 2.75) is 6.54 Å². The fourth-order valence-corrected chi connectivity index (χ4v) is 2.28. The molecule has 0 aliphatic rings. The number of halogens is 2. The summed E-state index contributed by atoms with van der Waals surface area (Å²) in [6.45, 7) is 0.545. The highest BCUT2D eigenvalue weighted by molar-refractivity contribution is 9.10. The van der Waals surface area contributed by atoms with E-state index >= 15 is 0 Å². The van der Waals surface area contributed by atoms with Crippen LogP contribution in [0.5, 0.6) is 0 Å². The van der Waals surface area contributed by atoms with Gasteiger partial charge < -0.3 is 9.72 Å². The van der Waals surface area contributed by atoms with Crippen molar-refractivity contribution >= 4 is 27.3 Å². The van der Waals surface area contributed by atoms with Crippen LogP contribution in [0.2, 0.25) is 0 Å². The first-order valence-corrected chi connectivity index (χ1v) is 6.63. The Morgan fingerprint density at radius 1 is 1.26 bits per heavy atom. The zero-order chi connectivity index (χ0) is 13.2. The molecule has 1 aromatic carbocycles. The van der Waals surface area contributed by atoms with Gasteiger partial charge in [-0.1, -0.05) is 6.07 Å². The minimum Gasteiger partial charge on any atom is -0.378 e. The smallest absolute Gasteiger partial charge is 0.137 e. The van der Waals surface area contributed by atoms with Crippen molar-refractivity contribution in [1.82, 2.24) is 9.38 Å². The maximum absolute atomic E-state index is 13.2. The number of nitrogens with one attached hydrogen (secondary N) is 1. The van der Waals surface area contributed by atoms with Gasteiger partial charge in [-0.15, -0.1) is 0 Å². The molecule has 2 aromatic heterocycles. The number of imidazole rings is 1. The Balaban J connectivity index is 1.80. The van der Waals surface area contributed by atoms with Crippen molar-refractivity contribution in [1.29, 1.82) is 0 Å². The Kier molecular flexibility index (Phi) is 3.21. The van der Waals surface area contributed by atoms with Gasteiger partial charge in [-0.3, -0.25) is 0 Å². The van der Waals surface area contributed by atoms with Gasteiger partial charge in [0.15, 0.2) is 0 Å². The van der Waals surface area contributed by atoms with E-state index in [0.29, 0.717) is 6.54 Å². The van der Waals surface area contributed by atoms with Crippen LogP contribution in [0.15, 0.2) is 53.3 Å². The third-order valence-electron chi connectivity index (χ3n) is 2.80. The summed E-state index contributed by atoms with van der Waals surface area (Å²) < 4.78 is 15.9. The van der Waals surface area contributed by atoms with Gasteiger partial charge >= 0.3 is 0 Å². The first-order chi connectivity index (χ1) is 9.22. The van der Waals surface area contributed by atoms with Gasteiger partial charge in [-0.2, -0.15) is 0 Å². The molecule has 2 heterocycles. The normalized spacial score (nSPS) is 10.8. The molecule has 1 N–H and O–H groups in total. The maximum Gasteiger partial charge on any atom is 0.137 e. The third-order valence-corrected chi connectivity index (χ3v) is 3.49. The van der Waals surface area contributed by atoms with Gasteiger partial charge in [0.05, 0.1) is 17.9 Å². The van der Waals surface area contributed by atoms with Crippen LogP contribution < -0.4 is 5.32 Å². The van der Waals surface area contributed by atoms with E-state index in [9.17, 15) is 4.39 Å². The topological polar surface area (TPSA) is 29.3 Å². The molecule has 0 aliphatic carbocycles. The van der Waals surface area contributed by atoms with E-state index in [2.05, 4.69) is 26.2 Å². The van der Waals surface area contributed by atoms with Crippen molar-refractivity contribution in [2.75, 3.05) is 5.32 Å². The van der Waals surface area contributed by atoms with Crippen LogP contribution in [0.1, 0.15) is 5.69 Å². The Labute approximate surface area is 118 Å². The van der Waals surface area contributed by atoms with Gasteiger partial charge in [0.25, 0.3) is 0 Å². The Morgan fingerprint density at radius 3 is 3.00 bits per heavy atom. The number of hydrogen-bond donors (Lipinski definition) is 1. The van der Waals surface area contributed by atoms with Crippen LogP contribution in [0, 0.1) is 5.82 Å². The number of benzene rings is 1. The van der Waals surface area contributed by atoms with Crippen LogP contribution in [0.4, 0.5) is 10.1 Å². The van der Waals surface area contributed by atoms with E-state index in [4.69, 9.17) is 0 Å². The number of hydrogen-bond acceptors (Lipinski definition) is 2. The van der Waals surface area contributed by atoms with E-state index in [1.807, 2.05) is 35.0 Å². The number of nitrogens with zero attached hydrogens (tertiary/aromatic N) is 2. The molecule has 0 spiro atoms. The second-order valence-electron chi connectivity index (χ2n) is 4.18. The van der Waals surface area contributed by atoms with E-state index in [1.54, 1.807) is 6.07 Å². The molecule has 0 bridgehead atoms. The fourth-order valence-electron chi connectivity index (χ4n) is 1.89. The highest BCUT2D eigenvalue weighted by Gasteiger charge is 2.04. The Hall–Kier alpha value is -1.88. The van der Waals surface area contributed by atoms with Crippen molar-refractivity contribution in [3.05, 3.63) is 64.8 Å². The first kappa shape index (κ1) is 12.2. The number of pyridine rings is 1. The number of rotatable bonds is 3. The molecule has 0 saturated carbocycles. The third kappa shape index (κ3) is 2.61. The minimum atomic E-state index is -0.263. The maximum atomic E-state index is 13.2. The molecule has 96 valence electrons. The molecule has 5 heteroatoms. The zero-order valence-electron chi connectivity index (χ0n) is 9.98. The highest BCUT2D eigenvalue weighted by atomic mass is 79.9. The molecule has 0 saturated heterocycles. The summed E-state index contributed by atoms with van der Waals surface area (Å²) in [5.41, 5.74) is 2.53. The predicted octanol–water partition coefficient (Wildman–Crippen LogP) is 3.85. The summed E-state index contributed by atoms with van der Waals surface area (Å²) in [7, 11) is 0. The average Bonchev–Trinajstić information content (AvgIpc) is 2.82. The predicted molar refractivity (Wildman–Crippen MR) is 76.6 cm³/mol. The molecule has 19 heavy (non-hydrogen) atoms. The minimum absolute atomic E-state index is 0.263. The van der Waals surface area contributed by atoms with Crippen LogP contribution in [0.3, 0.4) is 0 Å². The fraction of sp³-hybridized carbons (Fsp3) is 0.0714. The lowest BCUT2D eigenvalue weighted by molar-refractivity contribution is 0.628. The van der Waals surface area contributed by atoms with E-state index in [0.717, 1.165) is 21.5 Å². The second-order valence-corrected chi connectivity index (χ2v) is 5.03. The van der Waals surface area contributed by atoms with Crippen LogP contribution in [-0.4, -0.2) is 9.38 Å².